The summed E-state index contributed by atoms with van der Waals surface area (Å²) < 4.78 is 27.5. The van der Waals surface area contributed by atoms with Crippen molar-refractivity contribution >= 4 is 21.6 Å². The zero-order valence-electron chi connectivity index (χ0n) is 16.1. The summed E-state index contributed by atoms with van der Waals surface area (Å²) in [5.41, 5.74) is 2.66. The summed E-state index contributed by atoms with van der Waals surface area (Å²) in [6.45, 7) is 4.51. The Bertz CT molecular complexity index is 918. The maximum absolute atomic E-state index is 13.0. The zero-order chi connectivity index (χ0) is 19.6. The lowest BCUT2D eigenvalue weighted by molar-refractivity contribution is -0.123. The predicted molar refractivity (Wildman–Crippen MR) is 107 cm³/mol. The second kappa shape index (κ2) is 7.82. The van der Waals surface area contributed by atoms with Gasteiger partial charge in [-0.25, -0.2) is 8.42 Å². The fourth-order valence-corrected chi connectivity index (χ4v) is 5.30. The van der Waals surface area contributed by atoms with E-state index in [0.717, 1.165) is 16.8 Å². The highest BCUT2D eigenvalue weighted by molar-refractivity contribution is 7.89. The molecule has 1 aliphatic rings. The molecule has 0 aliphatic carbocycles. The van der Waals surface area contributed by atoms with Crippen LogP contribution in [0.1, 0.15) is 24.0 Å². The average Bonchev–Trinajstić information content (AvgIpc) is 2.67. The SMILES string of the molecule is Cc1ccc(S(=O)(=O)N2CCC(C(=O)N(C)c3ccccc3)CC2)c(C)c1. The number of hydrogen-bond acceptors (Lipinski definition) is 3. The average molecular weight is 387 g/mol. The third-order valence-electron chi connectivity index (χ3n) is 5.23. The number of hydrogen-bond donors (Lipinski definition) is 0. The molecule has 1 amide bonds. The van der Waals surface area contributed by atoms with Crippen molar-refractivity contribution in [1.29, 1.82) is 0 Å². The standard InChI is InChI=1S/C21H26N2O3S/c1-16-9-10-20(17(2)15-16)27(25,26)23-13-11-18(12-14-23)21(24)22(3)19-7-5-4-6-8-19/h4-10,15,18H,11-14H2,1-3H3. The smallest absolute Gasteiger partial charge is 0.243 e. The van der Waals surface area contributed by atoms with Gasteiger partial charge in [-0.3, -0.25) is 4.79 Å². The summed E-state index contributed by atoms with van der Waals surface area (Å²) in [7, 11) is -1.75. The first-order valence-electron chi connectivity index (χ1n) is 9.20. The van der Waals surface area contributed by atoms with Gasteiger partial charge in [0.1, 0.15) is 0 Å². The molecular weight excluding hydrogens is 360 g/mol. The van der Waals surface area contributed by atoms with Gasteiger partial charge < -0.3 is 4.90 Å². The van der Waals surface area contributed by atoms with Gasteiger partial charge in [0.25, 0.3) is 0 Å². The summed E-state index contributed by atoms with van der Waals surface area (Å²) in [5, 5.41) is 0. The molecule has 0 N–H and O–H groups in total. The summed E-state index contributed by atoms with van der Waals surface area (Å²) in [4.78, 5) is 14.8. The quantitative estimate of drug-likeness (QED) is 0.810. The van der Waals surface area contributed by atoms with Crippen LogP contribution in [0.15, 0.2) is 53.4 Å². The highest BCUT2D eigenvalue weighted by atomic mass is 32.2. The fourth-order valence-electron chi connectivity index (χ4n) is 3.62. The molecule has 1 saturated heterocycles. The third kappa shape index (κ3) is 4.06. The largest absolute Gasteiger partial charge is 0.315 e. The molecule has 3 rings (SSSR count). The fraction of sp³-hybridized carbons (Fsp3) is 0.381. The predicted octanol–water partition coefficient (Wildman–Crippen LogP) is 3.37. The Labute approximate surface area is 161 Å². The Kier molecular flexibility index (Phi) is 5.67. The van der Waals surface area contributed by atoms with Crippen molar-refractivity contribution in [2.24, 2.45) is 5.92 Å². The minimum atomic E-state index is -3.52. The van der Waals surface area contributed by atoms with Crippen molar-refractivity contribution in [1.82, 2.24) is 4.31 Å². The van der Waals surface area contributed by atoms with Crippen LogP contribution in [0.3, 0.4) is 0 Å². The van der Waals surface area contributed by atoms with Gasteiger partial charge in [-0.15, -0.1) is 0 Å². The Morgan fingerprint density at radius 1 is 1.04 bits per heavy atom. The molecule has 1 aliphatic heterocycles. The first-order valence-corrected chi connectivity index (χ1v) is 10.6. The molecule has 2 aromatic carbocycles. The van der Waals surface area contributed by atoms with E-state index in [2.05, 4.69) is 0 Å². The van der Waals surface area contributed by atoms with Crippen LogP contribution in [0.2, 0.25) is 0 Å². The van der Waals surface area contributed by atoms with Gasteiger partial charge in [-0.2, -0.15) is 4.31 Å². The number of benzene rings is 2. The Balaban J connectivity index is 1.68. The molecule has 0 aromatic heterocycles. The number of nitrogens with zero attached hydrogens (tertiary/aromatic N) is 2. The van der Waals surface area contributed by atoms with Crippen LogP contribution in [0.4, 0.5) is 5.69 Å². The molecule has 0 atom stereocenters. The summed E-state index contributed by atoms with van der Waals surface area (Å²) in [5.74, 6) is -0.106. The molecule has 27 heavy (non-hydrogen) atoms. The Hall–Kier alpha value is -2.18. The lowest BCUT2D eigenvalue weighted by atomic mass is 9.96. The molecule has 0 radical (unpaired) electrons. The minimum Gasteiger partial charge on any atom is -0.315 e. The number of anilines is 1. The lowest BCUT2D eigenvalue weighted by Crippen LogP contribution is -2.43. The first-order chi connectivity index (χ1) is 12.8. The molecule has 144 valence electrons. The molecule has 0 spiro atoms. The van der Waals surface area contributed by atoms with Gasteiger partial charge in [0, 0.05) is 31.7 Å². The number of amides is 1. The first kappa shape index (κ1) is 19.6. The van der Waals surface area contributed by atoms with Crippen molar-refractivity contribution in [2.45, 2.75) is 31.6 Å². The van der Waals surface area contributed by atoms with Crippen LogP contribution in [0.5, 0.6) is 0 Å². The van der Waals surface area contributed by atoms with Crippen LogP contribution in [0.25, 0.3) is 0 Å². The molecule has 0 bridgehead atoms. The third-order valence-corrected chi connectivity index (χ3v) is 7.28. The number of sulfonamides is 1. The monoisotopic (exact) mass is 386 g/mol. The second-order valence-electron chi connectivity index (χ2n) is 7.18. The van der Waals surface area contributed by atoms with Crippen molar-refractivity contribution < 1.29 is 13.2 Å². The molecule has 6 heteroatoms. The molecule has 5 nitrogen and oxygen atoms in total. The van der Waals surface area contributed by atoms with Gasteiger partial charge in [0.05, 0.1) is 4.90 Å². The van der Waals surface area contributed by atoms with Crippen LogP contribution in [0, 0.1) is 19.8 Å². The normalized spacial score (nSPS) is 16.3. The number of carbonyl (C=O) groups excluding carboxylic acids is 1. The lowest BCUT2D eigenvalue weighted by Gasteiger charge is -2.32. The maximum atomic E-state index is 13.0. The minimum absolute atomic E-state index is 0.0461. The molecule has 1 fully saturated rings. The van der Waals surface area contributed by atoms with Crippen LogP contribution in [-0.2, 0) is 14.8 Å². The van der Waals surface area contributed by atoms with Crippen LogP contribution < -0.4 is 4.90 Å². The Morgan fingerprint density at radius 3 is 2.26 bits per heavy atom. The molecule has 1 heterocycles. The molecular formula is C21H26N2O3S. The van der Waals surface area contributed by atoms with E-state index in [1.54, 1.807) is 18.0 Å². The van der Waals surface area contributed by atoms with Crippen LogP contribution in [-0.4, -0.2) is 38.8 Å². The van der Waals surface area contributed by atoms with E-state index in [9.17, 15) is 13.2 Å². The van der Waals surface area contributed by atoms with Gasteiger partial charge in [0.15, 0.2) is 0 Å². The topological polar surface area (TPSA) is 57.7 Å². The van der Waals surface area contributed by atoms with Crippen molar-refractivity contribution in [3.05, 3.63) is 59.7 Å². The second-order valence-corrected chi connectivity index (χ2v) is 9.09. The van der Waals surface area contributed by atoms with E-state index < -0.39 is 10.0 Å². The van der Waals surface area contributed by atoms with E-state index in [-0.39, 0.29) is 11.8 Å². The highest BCUT2D eigenvalue weighted by Crippen LogP contribution is 2.28. The number of rotatable bonds is 4. The van der Waals surface area contributed by atoms with E-state index in [1.165, 1.54) is 4.31 Å². The van der Waals surface area contributed by atoms with Crippen molar-refractivity contribution in [2.75, 3.05) is 25.0 Å². The van der Waals surface area contributed by atoms with Crippen LogP contribution >= 0.6 is 0 Å². The molecule has 0 unspecified atom stereocenters. The molecule has 2 aromatic rings. The van der Waals surface area contributed by atoms with E-state index >= 15 is 0 Å². The zero-order valence-corrected chi connectivity index (χ0v) is 16.9. The Morgan fingerprint density at radius 2 is 1.67 bits per heavy atom. The number of para-hydroxylation sites is 1. The number of aryl methyl sites for hydroxylation is 2. The maximum Gasteiger partial charge on any atom is 0.243 e. The van der Waals surface area contributed by atoms with E-state index in [0.29, 0.717) is 30.8 Å². The summed E-state index contributed by atoms with van der Waals surface area (Å²) in [6, 6.07) is 14.9. The van der Waals surface area contributed by atoms with E-state index in [1.807, 2.05) is 56.3 Å². The highest BCUT2D eigenvalue weighted by Gasteiger charge is 2.34. The summed E-state index contributed by atoms with van der Waals surface area (Å²) in [6.07, 6.45) is 1.08. The van der Waals surface area contributed by atoms with Gasteiger partial charge >= 0.3 is 0 Å². The van der Waals surface area contributed by atoms with Gasteiger partial charge in [-0.1, -0.05) is 35.9 Å². The van der Waals surface area contributed by atoms with Crippen molar-refractivity contribution in [3.63, 3.8) is 0 Å². The molecule has 0 saturated carbocycles. The van der Waals surface area contributed by atoms with Gasteiger partial charge in [-0.05, 0) is 50.5 Å². The summed E-state index contributed by atoms with van der Waals surface area (Å²) >= 11 is 0. The number of carbonyl (C=O) groups is 1. The number of piperidine rings is 1. The van der Waals surface area contributed by atoms with E-state index in [4.69, 9.17) is 0 Å². The van der Waals surface area contributed by atoms with Gasteiger partial charge in [0.2, 0.25) is 15.9 Å². The van der Waals surface area contributed by atoms with Crippen molar-refractivity contribution in [3.8, 4) is 0 Å².